The molecule has 0 saturated carbocycles. The highest BCUT2D eigenvalue weighted by molar-refractivity contribution is 7.22. The molecule has 42 heavy (non-hydrogen) atoms. The molecule has 3 aromatic heterocycles. The summed E-state index contributed by atoms with van der Waals surface area (Å²) in [6, 6.07) is 6.79. The van der Waals surface area contributed by atoms with Crippen molar-refractivity contribution in [3.8, 4) is 22.1 Å². The molecule has 1 amide bonds. The van der Waals surface area contributed by atoms with E-state index in [0.717, 1.165) is 15.6 Å². The van der Waals surface area contributed by atoms with Crippen LogP contribution in [0.4, 0.5) is 14.9 Å². The molecule has 0 spiro atoms. The number of hydrogen-bond donors (Lipinski definition) is 2. The zero-order valence-corrected chi connectivity index (χ0v) is 24.2. The standard InChI is InChI=1S/C29H25ClFN5O5S/c1-29(14-40-28(38)35-17-11-32-23(33-12-17)4-3-5-37)10-20-25(41-29)21(31)9-22-26(20)42-27(36-22)19-8-16(30)6-15-7-18(39-2)13-34-24(15)19/h6-9,11-13,37H,3-5,10,14H2,1-2H3,(H,35,38)/t29-/m1/s1. The first-order valence-corrected chi connectivity index (χ1v) is 14.2. The number of nitrogens with zero attached hydrogens (tertiary/aromatic N) is 4. The van der Waals surface area contributed by atoms with Crippen molar-refractivity contribution in [3.05, 3.63) is 65.1 Å². The van der Waals surface area contributed by atoms with Gasteiger partial charge in [0.1, 0.15) is 28.8 Å². The molecule has 0 bridgehead atoms. The summed E-state index contributed by atoms with van der Waals surface area (Å²) < 4.78 is 32.7. The minimum Gasteiger partial charge on any atom is -0.495 e. The van der Waals surface area contributed by atoms with E-state index >= 15 is 4.39 Å². The lowest BCUT2D eigenvalue weighted by atomic mass is 10.00. The number of pyridine rings is 1. The third-order valence-corrected chi connectivity index (χ3v) is 8.17. The van der Waals surface area contributed by atoms with Gasteiger partial charge in [-0.1, -0.05) is 11.6 Å². The number of methoxy groups -OCH3 is 1. The third kappa shape index (κ3) is 5.52. The lowest BCUT2D eigenvalue weighted by Crippen LogP contribution is -2.37. The fraction of sp³-hybridized carbons (Fsp3) is 0.276. The minimum atomic E-state index is -0.996. The quantitative estimate of drug-likeness (QED) is 0.219. The van der Waals surface area contributed by atoms with E-state index in [-0.39, 0.29) is 19.0 Å². The molecule has 1 atom stereocenters. The number of aliphatic hydroxyl groups excluding tert-OH is 1. The summed E-state index contributed by atoms with van der Waals surface area (Å²) in [7, 11) is 1.57. The maximum absolute atomic E-state index is 15.2. The van der Waals surface area contributed by atoms with Gasteiger partial charge in [0.05, 0.1) is 47.1 Å². The lowest BCUT2D eigenvalue weighted by Gasteiger charge is -2.23. The van der Waals surface area contributed by atoms with Gasteiger partial charge in [-0.15, -0.1) is 11.3 Å². The van der Waals surface area contributed by atoms with E-state index in [1.54, 1.807) is 32.4 Å². The number of aromatic nitrogens is 4. The molecule has 2 aromatic carbocycles. The predicted octanol–water partition coefficient (Wildman–Crippen LogP) is 5.97. The van der Waals surface area contributed by atoms with Crippen molar-refractivity contribution in [2.75, 3.05) is 25.6 Å². The molecule has 2 N–H and O–H groups in total. The van der Waals surface area contributed by atoms with E-state index < -0.39 is 17.5 Å². The van der Waals surface area contributed by atoms with Crippen molar-refractivity contribution in [3.63, 3.8) is 0 Å². The lowest BCUT2D eigenvalue weighted by molar-refractivity contribution is 0.0315. The van der Waals surface area contributed by atoms with Crippen LogP contribution in [0.15, 0.2) is 42.9 Å². The molecular weight excluding hydrogens is 585 g/mol. The van der Waals surface area contributed by atoms with Gasteiger partial charge in [-0.05, 0) is 31.5 Å². The minimum absolute atomic E-state index is 0.0482. The number of anilines is 1. The van der Waals surface area contributed by atoms with Crippen LogP contribution in [0.1, 0.15) is 24.7 Å². The largest absolute Gasteiger partial charge is 0.495 e. The molecule has 0 saturated heterocycles. The van der Waals surface area contributed by atoms with E-state index in [2.05, 4.69) is 20.3 Å². The first-order valence-electron chi connectivity index (χ1n) is 13.1. The van der Waals surface area contributed by atoms with Crippen molar-refractivity contribution < 1.29 is 28.5 Å². The molecule has 0 aliphatic carbocycles. The number of nitrogens with one attached hydrogen (secondary N) is 1. The molecule has 0 unspecified atom stereocenters. The number of hydrogen-bond acceptors (Lipinski definition) is 10. The van der Waals surface area contributed by atoms with Gasteiger partial charge in [-0.3, -0.25) is 10.3 Å². The number of rotatable bonds is 8. The monoisotopic (exact) mass is 609 g/mol. The van der Waals surface area contributed by atoms with Crippen molar-refractivity contribution in [1.82, 2.24) is 19.9 Å². The Morgan fingerprint density at radius 3 is 2.79 bits per heavy atom. The van der Waals surface area contributed by atoms with Crippen molar-refractivity contribution in [1.29, 1.82) is 0 Å². The number of ether oxygens (including phenoxy) is 3. The van der Waals surface area contributed by atoms with Crippen molar-refractivity contribution >= 4 is 55.8 Å². The number of aliphatic hydroxyl groups is 1. The summed E-state index contributed by atoms with van der Waals surface area (Å²) in [5, 5.41) is 13.5. The Hall–Kier alpha value is -4.13. The first-order chi connectivity index (χ1) is 20.2. The highest BCUT2D eigenvalue weighted by atomic mass is 35.5. The summed E-state index contributed by atoms with van der Waals surface area (Å²) in [6.07, 6.45) is 5.23. The van der Waals surface area contributed by atoms with Crippen LogP contribution in [-0.4, -0.2) is 57.1 Å². The smallest absolute Gasteiger partial charge is 0.411 e. The molecule has 6 rings (SSSR count). The molecule has 13 heteroatoms. The Morgan fingerprint density at radius 2 is 2.02 bits per heavy atom. The number of aryl methyl sites for hydroxylation is 1. The van der Waals surface area contributed by atoms with E-state index in [4.69, 9.17) is 35.9 Å². The molecule has 1 aliphatic heterocycles. The van der Waals surface area contributed by atoms with Gasteiger partial charge < -0.3 is 19.3 Å². The number of thiazole rings is 1. The molecule has 10 nitrogen and oxygen atoms in total. The van der Waals surface area contributed by atoms with E-state index in [1.165, 1.54) is 29.8 Å². The zero-order valence-electron chi connectivity index (χ0n) is 22.6. The maximum atomic E-state index is 15.2. The summed E-state index contributed by atoms with van der Waals surface area (Å²) in [5.41, 5.74) is 1.93. The van der Waals surface area contributed by atoms with Gasteiger partial charge in [0.15, 0.2) is 11.6 Å². The SMILES string of the molecule is COc1cnc2c(-c3nc4cc(F)c5c(c4s3)C[C@](C)(COC(=O)Nc3cnc(CCCO)nc3)O5)cc(Cl)cc2c1. The number of fused-ring (bicyclic) bond motifs is 4. The average Bonchev–Trinajstić information content (AvgIpc) is 3.56. The van der Waals surface area contributed by atoms with Gasteiger partial charge in [0, 0.05) is 47.1 Å². The first kappa shape index (κ1) is 28.0. The molecule has 0 radical (unpaired) electrons. The third-order valence-electron chi connectivity index (χ3n) is 6.79. The normalized spacial score (nSPS) is 15.9. The highest BCUT2D eigenvalue weighted by Crippen LogP contribution is 2.46. The Bertz CT molecular complexity index is 1820. The molecule has 0 fully saturated rings. The Kier molecular flexibility index (Phi) is 7.52. The second-order valence-corrected chi connectivity index (χ2v) is 11.5. The summed E-state index contributed by atoms with van der Waals surface area (Å²) >= 11 is 7.82. The average molecular weight is 610 g/mol. The zero-order chi connectivity index (χ0) is 29.4. The number of amides is 1. The Morgan fingerprint density at radius 1 is 1.21 bits per heavy atom. The van der Waals surface area contributed by atoms with Crippen LogP contribution in [0.2, 0.25) is 5.02 Å². The van der Waals surface area contributed by atoms with Gasteiger partial charge in [0.2, 0.25) is 0 Å². The second-order valence-electron chi connectivity index (χ2n) is 10.1. The summed E-state index contributed by atoms with van der Waals surface area (Å²) in [4.78, 5) is 30.1. The number of halogens is 2. The van der Waals surface area contributed by atoms with Crippen molar-refractivity contribution in [2.45, 2.75) is 31.8 Å². The van der Waals surface area contributed by atoms with Crippen LogP contribution in [0.25, 0.3) is 31.7 Å². The van der Waals surface area contributed by atoms with Crippen LogP contribution >= 0.6 is 22.9 Å². The fourth-order valence-electron chi connectivity index (χ4n) is 4.83. The van der Waals surface area contributed by atoms with Crippen LogP contribution in [0.5, 0.6) is 11.5 Å². The molecule has 216 valence electrons. The second kappa shape index (κ2) is 11.3. The molecule has 4 heterocycles. The van der Waals surface area contributed by atoms with Crippen LogP contribution in [0, 0.1) is 5.82 Å². The number of benzene rings is 2. The maximum Gasteiger partial charge on any atom is 0.411 e. The van der Waals surface area contributed by atoms with E-state index in [1.807, 2.05) is 6.07 Å². The van der Waals surface area contributed by atoms with Crippen LogP contribution in [0.3, 0.4) is 0 Å². The van der Waals surface area contributed by atoms with Crippen LogP contribution in [-0.2, 0) is 17.6 Å². The number of carbonyl (C=O) groups is 1. The number of carbonyl (C=O) groups excluding carboxylic acids is 1. The van der Waals surface area contributed by atoms with E-state index in [9.17, 15) is 4.79 Å². The van der Waals surface area contributed by atoms with Gasteiger partial charge in [0.25, 0.3) is 0 Å². The highest BCUT2D eigenvalue weighted by Gasteiger charge is 2.40. The molecular formula is C29H25ClFN5O5S. The fourth-order valence-corrected chi connectivity index (χ4v) is 6.15. The summed E-state index contributed by atoms with van der Waals surface area (Å²) in [6.45, 7) is 1.68. The van der Waals surface area contributed by atoms with Gasteiger partial charge in [-0.25, -0.2) is 24.1 Å². The molecule has 1 aliphatic rings. The van der Waals surface area contributed by atoms with Gasteiger partial charge >= 0.3 is 6.09 Å². The summed E-state index contributed by atoms with van der Waals surface area (Å²) in [5.74, 6) is 0.745. The van der Waals surface area contributed by atoms with Gasteiger partial charge in [-0.2, -0.15) is 0 Å². The molecule has 5 aromatic rings. The van der Waals surface area contributed by atoms with E-state index in [0.29, 0.717) is 63.2 Å². The predicted molar refractivity (Wildman–Crippen MR) is 157 cm³/mol. The topological polar surface area (TPSA) is 129 Å². The van der Waals surface area contributed by atoms with Crippen molar-refractivity contribution in [2.24, 2.45) is 0 Å². The Labute approximate surface area is 248 Å². The van der Waals surface area contributed by atoms with Crippen LogP contribution < -0.4 is 14.8 Å². The Balaban J connectivity index is 1.21.